The Labute approximate surface area is 96.4 Å². The lowest BCUT2D eigenvalue weighted by molar-refractivity contribution is 0.105. The van der Waals surface area contributed by atoms with E-state index >= 15 is 0 Å². The molecule has 0 radical (unpaired) electrons. The van der Waals surface area contributed by atoms with Crippen LogP contribution in [-0.4, -0.2) is 29.5 Å². The van der Waals surface area contributed by atoms with Crippen molar-refractivity contribution in [2.75, 3.05) is 18.5 Å². The van der Waals surface area contributed by atoms with E-state index in [1.807, 2.05) is 0 Å². The molecule has 15 heavy (non-hydrogen) atoms. The number of hydrogen-bond donors (Lipinski definition) is 3. The van der Waals surface area contributed by atoms with E-state index in [4.69, 9.17) is 33.4 Å². The molecule has 0 aliphatic carbocycles. The fraction of sp³-hybridized carbons (Fsp3) is 0.333. The molecule has 0 spiro atoms. The van der Waals surface area contributed by atoms with Crippen LogP contribution < -0.4 is 5.32 Å². The summed E-state index contributed by atoms with van der Waals surface area (Å²) in [5.41, 5.74) is 0.325. The first-order valence-corrected chi connectivity index (χ1v) is 4.97. The normalized spacial score (nSPS) is 12.6. The van der Waals surface area contributed by atoms with Crippen LogP contribution in [0.5, 0.6) is 0 Å². The van der Waals surface area contributed by atoms with Gasteiger partial charge >= 0.3 is 0 Å². The molecule has 0 heterocycles. The zero-order valence-electron chi connectivity index (χ0n) is 7.67. The van der Waals surface area contributed by atoms with Gasteiger partial charge in [0, 0.05) is 12.6 Å². The molecule has 1 unspecified atom stereocenters. The monoisotopic (exact) mass is 253 g/mol. The summed E-state index contributed by atoms with van der Waals surface area (Å²) in [6, 6.07) is 2.40. The summed E-state index contributed by atoms with van der Waals surface area (Å²) in [6.07, 6.45) is -0.917. The van der Waals surface area contributed by atoms with E-state index in [-0.39, 0.29) is 23.2 Å². The molecule has 0 bridgehead atoms. The third kappa shape index (κ3) is 3.50. The van der Waals surface area contributed by atoms with Crippen LogP contribution in [0.1, 0.15) is 0 Å². The number of benzene rings is 1. The number of anilines is 1. The zero-order valence-corrected chi connectivity index (χ0v) is 9.19. The minimum absolute atomic E-state index is 0.0618. The average Bonchev–Trinajstić information content (AvgIpc) is 2.21. The summed E-state index contributed by atoms with van der Waals surface area (Å²) in [6.45, 7) is -0.294. The van der Waals surface area contributed by atoms with E-state index in [2.05, 4.69) is 5.32 Å². The summed E-state index contributed by atoms with van der Waals surface area (Å²) in [4.78, 5) is 0. The summed E-state index contributed by atoms with van der Waals surface area (Å²) in [5, 5.41) is 20.5. The van der Waals surface area contributed by atoms with Crippen LogP contribution in [0, 0.1) is 5.82 Å². The number of rotatable bonds is 4. The van der Waals surface area contributed by atoms with Crippen LogP contribution in [-0.2, 0) is 0 Å². The number of halogens is 3. The summed E-state index contributed by atoms with van der Waals surface area (Å²) in [7, 11) is 0. The Morgan fingerprint density at radius 1 is 1.33 bits per heavy atom. The summed E-state index contributed by atoms with van der Waals surface area (Å²) < 4.78 is 13.0. The molecule has 1 aromatic carbocycles. The second-order valence-corrected chi connectivity index (χ2v) is 3.78. The van der Waals surface area contributed by atoms with Crippen molar-refractivity contribution in [3.05, 3.63) is 28.0 Å². The minimum Gasteiger partial charge on any atom is -0.394 e. The van der Waals surface area contributed by atoms with E-state index in [1.54, 1.807) is 0 Å². The lowest BCUT2D eigenvalue weighted by Crippen LogP contribution is -2.23. The first-order valence-electron chi connectivity index (χ1n) is 4.22. The van der Waals surface area contributed by atoms with Gasteiger partial charge in [0.05, 0.1) is 28.4 Å². The molecular weight excluding hydrogens is 244 g/mol. The van der Waals surface area contributed by atoms with Crippen molar-refractivity contribution in [3.8, 4) is 0 Å². The van der Waals surface area contributed by atoms with Crippen molar-refractivity contribution in [1.82, 2.24) is 0 Å². The van der Waals surface area contributed by atoms with Crippen molar-refractivity contribution < 1.29 is 14.6 Å². The maximum absolute atomic E-state index is 13.0. The Morgan fingerprint density at radius 2 is 2.00 bits per heavy atom. The molecule has 84 valence electrons. The van der Waals surface area contributed by atoms with Gasteiger partial charge in [0.25, 0.3) is 0 Å². The molecule has 1 rings (SSSR count). The highest BCUT2D eigenvalue weighted by molar-refractivity contribution is 6.36. The predicted molar refractivity (Wildman–Crippen MR) is 58.0 cm³/mol. The topological polar surface area (TPSA) is 52.5 Å². The SMILES string of the molecule is OCC(O)CNc1cc(F)c(Cl)cc1Cl. The molecule has 3 nitrogen and oxygen atoms in total. The molecule has 1 aromatic rings. The third-order valence-electron chi connectivity index (χ3n) is 1.75. The molecule has 0 saturated carbocycles. The van der Waals surface area contributed by atoms with Gasteiger partial charge in [-0.15, -0.1) is 0 Å². The van der Waals surface area contributed by atoms with Crippen molar-refractivity contribution in [2.24, 2.45) is 0 Å². The second-order valence-electron chi connectivity index (χ2n) is 2.96. The third-order valence-corrected chi connectivity index (χ3v) is 2.35. The highest BCUT2D eigenvalue weighted by Crippen LogP contribution is 2.28. The Bertz CT molecular complexity index is 349. The van der Waals surface area contributed by atoms with Gasteiger partial charge in [0.2, 0.25) is 0 Å². The van der Waals surface area contributed by atoms with Crippen LogP contribution in [0.4, 0.5) is 10.1 Å². The first kappa shape index (κ1) is 12.5. The number of aliphatic hydroxyl groups is 2. The van der Waals surface area contributed by atoms with Gasteiger partial charge in [0.15, 0.2) is 0 Å². The first-order chi connectivity index (χ1) is 7.04. The number of nitrogens with one attached hydrogen (secondary N) is 1. The van der Waals surface area contributed by atoms with Gasteiger partial charge in [-0.05, 0) is 6.07 Å². The largest absolute Gasteiger partial charge is 0.394 e. The van der Waals surface area contributed by atoms with Crippen molar-refractivity contribution in [3.63, 3.8) is 0 Å². The molecule has 0 fully saturated rings. The molecule has 0 aliphatic heterocycles. The fourth-order valence-corrected chi connectivity index (χ4v) is 1.40. The molecule has 1 atom stereocenters. The lowest BCUT2D eigenvalue weighted by atomic mass is 10.3. The number of hydrogen-bond acceptors (Lipinski definition) is 3. The highest BCUT2D eigenvalue weighted by Gasteiger charge is 2.08. The van der Waals surface area contributed by atoms with Gasteiger partial charge < -0.3 is 15.5 Å². The van der Waals surface area contributed by atoms with Crippen LogP contribution in [0.3, 0.4) is 0 Å². The van der Waals surface area contributed by atoms with Gasteiger partial charge in [-0.2, -0.15) is 0 Å². The average molecular weight is 254 g/mol. The van der Waals surface area contributed by atoms with E-state index < -0.39 is 11.9 Å². The Balaban J connectivity index is 2.73. The lowest BCUT2D eigenvalue weighted by Gasteiger charge is -2.11. The van der Waals surface area contributed by atoms with Crippen LogP contribution in [0.2, 0.25) is 10.0 Å². The second kappa shape index (κ2) is 5.51. The Kier molecular flexibility index (Phi) is 4.60. The molecule has 0 saturated heterocycles. The maximum atomic E-state index is 13.0. The van der Waals surface area contributed by atoms with Crippen LogP contribution >= 0.6 is 23.2 Å². The van der Waals surface area contributed by atoms with Crippen molar-refractivity contribution >= 4 is 28.9 Å². The molecule has 3 N–H and O–H groups in total. The van der Waals surface area contributed by atoms with E-state index in [1.165, 1.54) is 6.07 Å². The van der Waals surface area contributed by atoms with E-state index in [0.29, 0.717) is 5.69 Å². The van der Waals surface area contributed by atoms with Gasteiger partial charge in [-0.1, -0.05) is 23.2 Å². The molecule has 6 heteroatoms. The van der Waals surface area contributed by atoms with Gasteiger partial charge in [-0.3, -0.25) is 0 Å². The minimum atomic E-state index is -0.917. The van der Waals surface area contributed by atoms with E-state index in [0.717, 1.165) is 6.07 Å². The standard InChI is InChI=1S/C9H10Cl2FNO2/c10-6-1-7(11)9(2-8(6)12)13-3-5(15)4-14/h1-2,5,13-15H,3-4H2. The van der Waals surface area contributed by atoms with Crippen LogP contribution in [0.15, 0.2) is 12.1 Å². The quantitative estimate of drug-likeness (QED) is 0.719. The fourth-order valence-electron chi connectivity index (χ4n) is 0.950. The summed E-state index contributed by atoms with van der Waals surface area (Å²) in [5.74, 6) is -0.595. The van der Waals surface area contributed by atoms with Crippen molar-refractivity contribution in [2.45, 2.75) is 6.10 Å². The molecule has 0 amide bonds. The van der Waals surface area contributed by atoms with Crippen LogP contribution in [0.25, 0.3) is 0 Å². The van der Waals surface area contributed by atoms with E-state index in [9.17, 15) is 4.39 Å². The molecule has 0 aliphatic rings. The Morgan fingerprint density at radius 3 is 2.60 bits per heavy atom. The Hall–Kier alpha value is -0.550. The zero-order chi connectivity index (χ0) is 11.4. The smallest absolute Gasteiger partial charge is 0.143 e. The molecular formula is C9H10Cl2FNO2. The van der Waals surface area contributed by atoms with Gasteiger partial charge in [-0.25, -0.2) is 4.39 Å². The highest BCUT2D eigenvalue weighted by atomic mass is 35.5. The summed E-state index contributed by atoms with van der Waals surface area (Å²) >= 11 is 11.3. The number of aliphatic hydroxyl groups excluding tert-OH is 2. The van der Waals surface area contributed by atoms with Gasteiger partial charge in [0.1, 0.15) is 5.82 Å². The maximum Gasteiger partial charge on any atom is 0.143 e. The van der Waals surface area contributed by atoms with Crippen molar-refractivity contribution in [1.29, 1.82) is 0 Å². The molecule has 0 aromatic heterocycles. The predicted octanol–water partition coefficient (Wildman–Crippen LogP) is 1.90.